The molecule has 0 aliphatic carbocycles. The van der Waals surface area contributed by atoms with Crippen molar-refractivity contribution in [2.45, 2.75) is 81.6 Å². The van der Waals surface area contributed by atoms with Crippen LogP contribution in [0.3, 0.4) is 0 Å². The Morgan fingerprint density at radius 2 is 1.23 bits per heavy atom. The van der Waals surface area contributed by atoms with Crippen LogP contribution in [0, 0.1) is 0 Å². The van der Waals surface area contributed by atoms with E-state index in [1.807, 2.05) is 83.8 Å². The van der Waals surface area contributed by atoms with Gasteiger partial charge < -0.3 is 9.64 Å². The summed E-state index contributed by atoms with van der Waals surface area (Å²) in [6.45, 7) is 16.4. The molecule has 2 heterocycles. The standard InChI is InChI=1S/C33H42N2O3Si2/c1-24-33(23-25-17-11-8-12-18-25,30(36)34(24)32(39(2,3)4)40(5,6)7)35-28(26-19-13-9-14-20-26)29(38-31(35)37)27-21-15-10-16-22-27/h8-22,24,28-29,32H,23H2,1-7H3/t24-,28+,29-,33-/m1/s1. The number of β-lactam (4-membered cyclic amide) rings is 1. The molecule has 3 aromatic rings. The third-order valence-corrected chi connectivity index (χ3v) is 17.7. The lowest BCUT2D eigenvalue weighted by Gasteiger charge is -2.64. The fourth-order valence-corrected chi connectivity index (χ4v) is 20.2. The summed E-state index contributed by atoms with van der Waals surface area (Å²) in [7, 11) is -3.53. The van der Waals surface area contributed by atoms with Gasteiger partial charge in [0.1, 0.15) is 11.6 Å². The largest absolute Gasteiger partial charge is 0.439 e. The van der Waals surface area contributed by atoms with E-state index in [0.717, 1.165) is 16.7 Å². The van der Waals surface area contributed by atoms with Gasteiger partial charge in [0.15, 0.2) is 6.10 Å². The van der Waals surface area contributed by atoms with Gasteiger partial charge in [-0.05, 0) is 23.6 Å². The Kier molecular flexibility index (Phi) is 7.34. The van der Waals surface area contributed by atoms with Crippen molar-refractivity contribution in [3.8, 4) is 0 Å². The van der Waals surface area contributed by atoms with Gasteiger partial charge in [0.25, 0.3) is 5.91 Å². The van der Waals surface area contributed by atoms with Gasteiger partial charge in [-0.15, -0.1) is 0 Å². The second-order valence-electron chi connectivity index (χ2n) is 13.6. The molecule has 3 aromatic carbocycles. The number of hydrogen-bond donors (Lipinski definition) is 0. The number of benzene rings is 3. The number of carbonyl (C=O) groups is 2. The van der Waals surface area contributed by atoms with Crippen molar-refractivity contribution in [2.75, 3.05) is 0 Å². The summed E-state index contributed by atoms with van der Waals surface area (Å²) in [5, 5.41) is 0.255. The minimum absolute atomic E-state index is 0.0605. The molecule has 2 aliphatic heterocycles. The Morgan fingerprint density at radius 3 is 1.70 bits per heavy atom. The van der Waals surface area contributed by atoms with E-state index in [1.54, 1.807) is 0 Å². The number of cyclic esters (lactones) is 1. The number of nitrogens with zero attached hydrogens (tertiary/aromatic N) is 2. The van der Waals surface area contributed by atoms with E-state index in [9.17, 15) is 9.59 Å². The number of hydrogen-bond acceptors (Lipinski definition) is 3. The van der Waals surface area contributed by atoms with Crippen molar-refractivity contribution in [3.63, 3.8) is 0 Å². The van der Waals surface area contributed by atoms with Crippen LogP contribution in [0.4, 0.5) is 4.79 Å². The molecule has 0 aromatic heterocycles. The van der Waals surface area contributed by atoms with Crippen LogP contribution in [0.1, 0.15) is 35.8 Å². The lowest BCUT2D eigenvalue weighted by Crippen LogP contribution is -2.85. The topological polar surface area (TPSA) is 49.9 Å². The quantitative estimate of drug-likeness (QED) is 0.212. The molecule has 0 saturated carbocycles. The highest BCUT2D eigenvalue weighted by Crippen LogP contribution is 2.53. The van der Waals surface area contributed by atoms with Crippen LogP contribution in [0.25, 0.3) is 0 Å². The first kappa shape index (κ1) is 28.4. The van der Waals surface area contributed by atoms with E-state index < -0.39 is 39.9 Å². The van der Waals surface area contributed by atoms with Gasteiger partial charge in [-0.3, -0.25) is 9.69 Å². The third kappa shape index (κ3) is 4.73. The Hall–Kier alpha value is -3.17. The maximum absolute atomic E-state index is 14.9. The predicted molar refractivity (Wildman–Crippen MR) is 166 cm³/mol. The summed E-state index contributed by atoms with van der Waals surface area (Å²) >= 11 is 0. The molecule has 0 unspecified atom stereocenters. The highest BCUT2D eigenvalue weighted by molar-refractivity contribution is 6.96. The van der Waals surface area contributed by atoms with E-state index >= 15 is 0 Å². The van der Waals surface area contributed by atoms with Crippen molar-refractivity contribution >= 4 is 28.1 Å². The molecule has 4 atom stereocenters. The van der Waals surface area contributed by atoms with Gasteiger partial charge in [-0.1, -0.05) is 130 Å². The molecular weight excluding hydrogens is 529 g/mol. The zero-order valence-electron chi connectivity index (χ0n) is 24.8. The lowest BCUT2D eigenvalue weighted by molar-refractivity contribution is -0.173. The summed E-state index contributed by atoms with van der Waals surface area (Å²) < 4.78 is 6.21. The van der Waals surface area contributed by atoms with E-state index in [2.05, 4.69) is 63.2 Å². The molecule has 40 heavy (non-hydrogen) atoms. The maximum atomic E-state index is 14.9. The smallest absolute Gasteiger partial charge is 0.412 e. The highest BCUT2D eigenvalue weighted by Gasteiger charge is 2.70. The fourth-order valence-electron chi connectivity index (χ4n) is 7.49. The molecule has 5 nitrogen and oxygen atoms in total. The van der Waals surface area contributed by atoms with Crippen LogP contribution in [0.2, 0.25) is 39.3 Å². The minimum Gasteiger partial charge on any atom is -0.439 e. The average molecular weight is 571 g/mol. The molecule has 5 rings (SSSR count). The summed E-state index contributed by atoms with van der Waals surface area (Å²) in [6.07, 6.45) is -0.479. The summed E-state index contributed by atoms with van der Waals surface area (Å²) in [6, 6.07) is 29.5. The molecule has 2 amide bonds. The Morgan fingerprint density at radius 1 is 0.750 bits per heavy atom. The maximum Gasteiger partial charge on any atom is 0.412 e. The van der Waals surface area contributed by atoms with Gasteiger partial charge in [0.05, 0.1) is 22.2 Å². The van der Waals surface area contributed by atoms with Gasteiger partial charge in [-0.25, -0.2) is 4.79 Å². The lowest BCUT2D eigenvalue weighted by atomic mass is 9.72. The second-order valence-corrected chi connectivity index (χ2v) is 24.7. The molecule has 2 fully saturated rings. The van der Waals surface area contributed by atoms with E-state index in [-0.39, 0.29) is 17.2 Å². The predicted octanol–water partition coefficient (Wildman–Crippen LogP) is 7.26. The molecule has 2 saturated heterocycles. The van der Waals surface area contributed by atoms with E-state index in [0.29, 0.717) is 6.42 Å². The van der Waals surface area contributed by atoms with Crippen LogP contribution >= 0.6 is 0 Å². The molecule has 0 spiro atoms. The van der Waals surface area contributed by atoms with Crippen LogP contribution in [0.5, 0.6) is 0 Å². The van der Waals surface area contributed by atoms with Gasteiger partial charge in [0, 0.05) is 11.7 Å². The first-order valence-corrected chi connectivity index (χ1v) is 21.5. The Bertz CT molecular complexity index is 1340. The number of likely N-dealkylation sites (tertiary alicyclic amines) is 1. The van der Waals surface area contributed by atoms with Crippen LogP contribution < -0.4 is 0 Å². The zero-order valence-corrected chi connectivity index (χ0v) is 26.8. The van der Waals surface area contributed by atoms with Gasteiger partial charge in [-0.2, -0.15) is 0 Å². The number of carbonyl (C=O) groups excluding carboxylic acids is 2. The van der Waals surface area contributed by atoms with Crippen molar-refractivity contribution in [2.24, 2.45) is 0 Å². The van der Waals surface area contributed by atoms with Crippen molar-refractivity contribution < 1.29 is 14.3 Å². The van der Waals surface area contributed by atoms with Gasteiger partial charge in [0.2, 0.25) is 0 Å². The molecular formula is C33H42N2O3Si2. The Labute approximate surface area is 241 Å². The first-order valence-electron chi connectivity index (χ1n) is 14.3. The summed E-state index contributed by atoms with van der Waals surface area (Å²) in [4.78, 5) is 33.0. The van der Waals surface area contributed by atoms with Crippen LogP contribution in [-0.2, 0) is 16.0 Å². The molecule has 0 N–H and O–H groups in total. The van der Waals surface area contributed by atoms with Crippen LogP contribution in [-0.4, -0.2) is 54.8 Å². The van der Waals surface area contributed by atoms with Crippen molar-refractivity contribution in [3.05, 3.63) is 108 Å². The van der Waals surface area contributed by atoms with Crippen molar-refractivity contribution in [1.29, 1.82) is 0 Å². The monoisotopic (exact) mass is 570 g/mol. The first-order chi connectivity index (χ1) is 18.9. The Balaban J connectivity index is 1.68. The average Bonchev–Trinajstić information content (AvgIpc) is 3.27. The third-order valence-electron chi connectivity index (χ3n) is 8.64. The van der Waals surface area contributed by atoms with E-state index in [4.69, 9.17) is 4.74 Å². The van der Waals surface area contributed by atoms with E-state index in [1.165, 1.54) is 0 Å². The van der Waals surface area contributed by atoms with Crippen molar-refractivity contribution in [1.82, 2.24) is 9.80 Å². The molecule has 2 aliphatic rings. The highest BCUT2D eigenvalue weighted by atomic mass is 28.4. The summed E-state index contributed by atoms with van der Waals surface area (Å²) in [5.74, 6) is 0.0605. The zero-order chi connectivity index (χ0) is 28.9. The number of rotatable bonds is 8. The van der Waals surface area contributed by atoms with Gasteiger partial charge >= 0.3 is 6.09 Å². The number of ether oxygens (including phenoxy) is 1. The SMILES string of the molecule is C[C@H]1N(C([Si](C)(C)C)[Si](C)(C)C)C(=O)[C@]1(Cc1ccccc1)N1C(=O)O[C@H](c2ccccc2)[C@@H]1c1ccccc1. The number of amides is 2. The molecule has 7 heteroatoms. The van der Waals surface area contributed by atoms with Crippen LogP contribution in [0.15, 0.2) is 91.0 Å². The fraction of sp³-hybridized carbons (Fsp3) is 0.394. The normalized spacial score (nSPS) is 25.2. The second kappa shape index (κ2) is 10.3. The molecule has 0 radical (unpaired) electrons. The molecule has 210 valence electrons. The minimum atomic E-state index is -1.76. The summed E-state index contributed by atoms with van der Waals surface area (Å²) in [5.41, 5.74) is 1.91. The molecule has 0 bridgehead atoms.